The maximum absolute atomic E-state index is 11.6. The van der Waals surface area contributed by atoms with Gasteiger partial charge >= 0.3 is 0 Å². The normalized spacial score (nSPS) is 11.3. The van der Waals surface area contributed by atoms with E-state index in [0.29, 0.717) is 6.42 Å². The highest BCUT2D eigenvalue weighted by atomic mass is 16.1. The third kappa shape index (κ3) is 3.73. The van der Waals surface area contributed by atoms with Gasteiger partial charge in [-0.05, 0) is 25.7 Å². The van der Waals surface area contributed by atoms with Crippen molar-refractivity contribution in [3.63, 3.8) is 0 Å². The summed E-state index contributed by atoms with van der Waals surface area (Å²) in [6.45, 7) is 7.55. The first-order valence-corrected chi connectivity index (χ1v) is 5.03. The van der Waals surface area contributed by atoms with E-state index in [4.69, 9.17) is 5.73 Å². The molecule has 0 bridgehead atoms. The topological polar surface area (TPSA) is 43.1 Å². The van der Waals surface area contributed by atoms with Crippen LogP contribution in [0.4, 0.5) is 0 Å². The van der Waals surface area contributed by atoms with E-state index in [1.165, 1.54) is 0 Å². The average Bonchev–Trinajstić information content (AvgIpc) is 2.17. The highest BCUT2D eigenvalue weighted by Gasteiger charge is 2.28. The number of nitrogens with two attached hydrogens (primary N) is 1. The van der Waals surface area contributed by atoms with E-state index in [0.717, 1.165) is 25.7 Å². The molecule has 0 unspecified atom stereocenters. The fraction of sp³-hybridized carbons (Fsp3) is 0.727. The number of Topliss-reactive ketones (excluding diaryl/α,β-unsaturated/α-hetero) is 1. The molecule has 0 fully saturated rings. The molecule has 0 saturated heterocycles. The van der Waals surface area contributed by atoms with Crippen LogP contribution < -0.4 is 5.73 Å². The molecule has 0 aromatic carbocycles. The Morgan fingerprint density at radius 2 is 2.00 bits per heavy atom. The first kappa shape index (κ1) is 12.4. The summed E-state index contributed by atoms with van der Waals surface area (Å²) in [5.41, 5.74) is 5.36. The van der Waals surface area contributed by atoms with Crippen molar-refractivity contribution in [1.82, 2.24) is 0 Å². The molecular weight excluding hydrogens is 162 g/mol. The molecule has 0 heterocycles. The lowest BCUT2D eigenvalue weighted by molar-refractivity contribution is -0.124. The molecule has 0 aliphatic carbocycles. The minimum atomic E-state index is -0.582. The lowest BCUT2D eigenvalue weighted by Crippen LogP contribution is -2.46. The summed E-state index contributed by atoms with van der Waals surface area (Å²) in [5, 5.41) is 0. The third-order valence-electron chi connectivity index (χ3n) is 2.63. The largest absolute Gasteiger partial charge is 0.319 e. The summed E-state index contributed by atoms with van der Waals surface area (Å²) in [4.78, 5) is 11.6. The van der Waals surface area contributed by atoms with Crippen molar-refractivity contribution in [2.75, 3.05) is 0 Å². The van der Waals surface area contributed by atoms with E-state index in [1.54, 1.807) is 0 Å². The minimum Gasteiger partial charge on any atom is -0.319 e. The summed E-state index contributed by atoms with van der Waals surface area (Å²) < 4.78 is 0. The van der Waals surface area contributed by atoms with Crippen molar-refractivity contribution >= 4 is 5.78 Å². The Bertz CT molecular complexity index is 171. The smallest absolute Gasteiger partial charge is 0.152 e. The van der Waals surface area contributed by atoms with Crippen LogP contribution >= 0.6 is 0 Å². The zero-order valence-electron chi connectivity index (χ0n) is 8.81. The Hall–Kier alpha value is -0.630. The Labute approximate surface area is 81.2 Å². The van der Waals surface area contributed by atoms with Gasteiger partial charge in [-0.25, -0.2) is 0 Å². The fourth-order valence-corrected chi connectivity index (χ4v) is 1.30. The van der Waals surface area contributed by atoms with Crippen LogP contribution in [0.15, 0.2) is 12.7 Å². The standard InChI is InChI=1S/C11H21NO/c1-4-7-8-9-10(13)11(12,5-2)6-3/h4H,1,5-9,12H2,2-3H3. The second kappa shape index (κ2) is 5.92. The predicted molar refractivity (Wildman–Crippen MR) is 56.6 cm³/mol. The van der Waals surface area contributed by atoms with Crippen LogP contribution in [-0.4, -0.2) is 11.3 Å². The van der Waals surface area contributed by atoms with Gasteiger partial charge in [0, 0.05) is 6.42 Å². The van der Waals surface area contributed by atoms with Crippen molar-refractivity contribution in [3.05, 3.63) is 12.7 Å². The van der Waals surface area contributed by atoms with Crippen LogP contribution in [0.25, 0.3) is 0 Å². The Morgan fingerprint density at radius 3 is 2.38 bits per heavy atom. The van der Waals surface area contributed by atoms with Crippen LogP contribution in [0.5, 0.6) is 0 Å². The highest BCUT2D eigenvalue weighted by molar-refractivity contribution is 5.87. The molecule has 0 spiro atoms. The Morgan fingerprint density at radius 1 is 1.46 bits per heavy atom. The molecule has 0 aliphatic heterocycles. The molecule has 76 valence electrons. The van der Waals surface area contributed by atoms with Gasteiger partial charge in [0.25, 0.3) is 0 Å². The number of unbranched alkanes of at least 4 members (excludes halogenated alkanes) is 1. The average molecular weight is 183 g/mol. The van der Waals surface area contributed by atoms with Gasteiger partial charge < -0.3 is 5.73 Å². The van der Waals surface area contributed by atoms with Gasteiger partial charge in [0.1, 0.15) is 0 Å². The van der Waals surface area contributed by atoms with Gasteiger partial charge in [-0.15, -0.1) is 6.58 Å². The lowest BCUT2D eigenvalue weighted by atomic mass is 9.87. The number of ketones is 1. The second-order valence-corrected chi connectivity index (χ2v) is 3.47. The molecule has 0 aliphatic rings. The van der Waals surface area contributed by atoms with Crippen LogP contribution in [0.2, 0.25) is 0 Å². The monoisotopic (exact) mass is 183 g/mol. The first-order chi connectivity index (χ1) is 6.10. The third-order valence-corrected chi connectivity index (χ3v) is 2.63. The van der Waals surface area contributed by atoms with Gasteiger partial charge in [0.2, 0.25) is 0 Å². The number of hydrogen-bond acceptors (Lipinski definition) is 2. The number of carbonyl (C=O) groups is 1. The molecule has 0 atom stereocenters. The molecule has 13 heavy (non-hydrogen) atoms. The van der Waals surface area contributed by atoms with Crippen LogP contribution in [0.3, 0.4) is 0 Å². The quantitative estimate of drug-likeness (QED) is 0.486. The minimum absolute atomic E-state index is 0.194. The molecule has 0 aromatic heterocycles. The summed E-state index contributed by atoms with van der Waals surface area (Å²) in [7, 11) is 0. The maximum Gasteiger partial charge on any atom is 0.152 e. The summed E-state index contributed by atoms with van der Waals surface area (Å²) >= 11 is 0. The second-order valence-electron chi connectivity index (χ2n) is 3.47. The van der Waals surface area contributed by atoms with E-state index in [-0.39, 0.29) is 5.78 Å². The molecular formula is C11H21NO. The van der Waals surface area contributed by atoms with E-state index >= 15 is 0 Å². The van der Waals surface area contributed by atoms with Gasteiger partial charge in [-0.3, -0.25) is 4.79 Å². The van der Waals surface area contributed by atoms with Crippen molar-refractivity contribution in [2.45, 2.75) is 51.5 Å². The van der Waals surface area contributed by atoms with E-state index in [2.05, 4.69) is 6.58 Å². The number of hydrogen-bond donors (Lipinski definition) is 1. The van der Waals surface area contributed by atoms with Gasteiger partial charge in [0.05, 0.1) is 5.54 Å². The van der Waals surface area contributed by atoms with Gasteiger partial charge in [-0.1, -0.05) is 19.9 Å². The number of rotatable bonds is 7. The number of allylic oxidation sites excluding steroid dienone is 1. The van der Waals surface area contributed by atoms with Crippen molar-refractivity contribution in [1.29, 1.82) is 0 Å². The summed E-state index contributed by atoms with van der Waals surface area (Å²) in [6, 6.07) is 0. The van der Waals surface area contributed by atoms with Crippen molar-refractivity contribution in [2.24, 2.45) is 5.73 Å². The Kier molecular flexibility index (Phi) is 5.63. The van der Waals surface area contributed by atoms with E-state index in [1.807, 2.05) is 19.9 Å². The van der Waals surface area contributed by atoms with Crippen molar-refractivity contribution in [3.8, 4) is 0 Å². The molecule has 2 heteroatoms. The molecule has 0 saturated carbocycles. The zero-order chi connectivity index (χ0) is 10.3. The first-order valence-electron chi connectivity index (χ1n) is 5.03. The molecule has 0 aromatic rings. The number of carbonyl (C=O) groups excluding carboxylic acids is 1. The molecule has 0 radical (unpaired) electrons. The van der Waals surface area contributed by atoms with Crippen LogP contribution in [0.1, 0.15) is 46.0 Å². The van der Waals surface area contributed by atoms with Crippen LogP contribution in [-0.2, 0) is 4.79 Å². The van der Waals surface area contributed by atoms with E-state index in [9.17, 15) is 4.79 Å². The molecule has 2 nitrogen and oxygen atoms in total. The highest BCUT2D eigenvalue weighted by Crippen LogP contribution is 2.16. The predicted octanol–water partition coefficient (Wildman–Crippen LogP) is 2.43. The van der Waals surface area contributed by atoms with Crippen LogP contribution in [0, 0.1) is 0 Å². The molecule has 0 rings (SSSR count). The van der Waals surface area contributed by atoms with Gasteiger partial charge in [-0.2, -0.15) is 0 Å². The van der Waals surface area contributed by atoms with Gasteiger partial charge in [0.15, 0.2) is 5.78 Å². The van der Waals surface area contributed by atoms with E-state index < -0.39 is 5.54 Å². The summed E-state index contributed by atoms with van der Waals surface area (Å²) in [5.74, 6) is 0.194. The molecule has 2 N–H and O–H groups in total. The maximum atomic E-state index is 11.6. The Balaban J connectivity index is 3.99. The fourth-order valence-electron chi connectivity index (χ4n) is 1.30. The van der Waals surface area contributed by atoms with Crippen molar-refractivity contribution < 1.29 is 4.79 Å². The SMILES string of the molecule is C=CCCCC(=O)C(N)(CC)CC. The lowest BCUT2D eigenvalue weighted by Gasteiger charge is -2.24. The molecule has 0 amide bonds. The summed E-state index contributed by atoms with van der Waals surface area (Å²) in [6.07, 6.45) is 5.66. The zero-order valence-corrected chi connectivity index (χ0v) is 8.81.